The highest BCUT2D eigenvalue weighted by atomic mass is 79.9. The zero-order chi connectivity index (χ0) is 9.84. The molecule has 72 valence electrons. The molecule has 0 unspecified atom stereocenters. The predicted molar refractivity (Wildman–Crippen MR) is 69.1 cm³/mol. The maximum absolute atomic E-state index is 5.93. The molecule has 1 heterocycles. The number of allylic oxidation sites excluding steroid dienone is 1. The van der Waals surface area contributed by atoms with Gasteiger partial charge >= 0.3 is 0 Å². The van der Waals surface area contributed by atoms with Gasteiger partial charge in [0, 0.05) is 14.7 Å². The van der Waals surface area contributed by atoms with Gasteiger partial charge in [0.1, 0.15) is 4.34 Å². The molecular weight excluding hydrogens is 335 g/mol. The van der Waals surface area contributed by atoms with Crippen LogP contribution in [-0.2, 0) is 0 Å². The van der Waals surface area contributed by atoms with Crippen molar-refractivity contribution in [3.63, 3.8) is 0 Å². The van der Waals surface area contributed by atoms with Gasteiger partial charge in [-0.15, -0.1) is 11.3 Å². The van der Waals surface area contributed by atoms with Crippen LogP contribution < -0.4 is 0 Å². The van der Waals surface area contributed by atoms with Gasteiger partial charge in [-0.25, -0.2) is 0 Å². The Morgan fingerprint density at radius 1 is 1.69 bits per heavy atom. The van der Waals surface area contributed by atoms with Gasteiger partial charge in [0.05, 0.1) is 0 Å². The highest BCUT2D eigenvalue weighted by Crippen LogP contribution is 2.33. The maximum atomic E-state index is 5.93. The van der Waals surface area contributed by atoms with Crippen LogP contribution in [-0.4, -0.2) is 5.33 Å². The number of hydrogen-bond donors (Lipinski definition) is 0. The molecule has 1 rings (SSSR count). The fourth-order valence-electron chi connectivity index (χ4n) is 0.871. The molecule has 0 atom stereocenters. The highest BCUT2D eigenvalue weighted by Gasteiger charge is 2.02. The number of hydrogen-bond acceptors (Lipinski definition) is 1. The lowest BCUT2D eigenvalue weighted by atomic mass is 10.2. The summed E-state index contributed by atoms with van der Waals surface area (Å²) in [5.74, 6) is 0. The van der Waals surface area contributed by atoms with Crippen LogP contribution in [0.1, 0.15) is 18.2 Å². The minimum Gasteiger partial charge on any atom is -0.123 e. The monoisotopic (exact) mass is 342 g/mol. The van der Waals surface area contributed by atoms with Gasteiger partial charge in [0.15, 0.2) is 0 Å². The van der Waals surface area contributed by atoms with Gasteiger partial charge in [-0.05, 0) is 34.5 Å². The fourth-order valence-corrected chi connectivity index (χ4v) is 3.16. The summed E-state index contributed by atoms with van der Waals surface area (Å²) in [6, 6.07) is 2.05. The molecule has 0 spiro atoms. The molecule has 0 aliphatic heterocycles. The second-order valence-electron chi connectivity index (χ2n) is 2.56. The average Bonchev–Trinajstić information content (AvgIpc) is 2.42. The Kier molecular flexibility index (Phi) is 5.01. The third kappa shape index (κ3) is 3.39. The lowest BCUT2D eigenvalue weighted by molar-refractivity contribution is 1.13. The van der Waals surface area contributed by atoms with Crippen LogP contribution in [0.15, 0.2) is 16.1 Å². The van der Waals surface area contributed by atoms with Gasteiger partial charge in [-0.2, -0.15) is 0 Å². The van der Waals surface area contributed by atoms with Gasteiger partial charge in [0.25, 0.3) is 0 Å². The van der Waals surface area contributed by atoms with Gasteiger partial charge in [-0.1, -0.05) is 40.0 Å². The zero-order valence-electron chi connectivity index (χ0n) is 7.11. The molecule has 0 aliphatic carbocycles. The first-order chi connectivity index (χ1) is 6.17. The van der Waals surface area contributed by atoms with E-state index in [9.17, 15) is 0 Å². The Balaban J connectivity index is 2.89. The molecule has 0 bridgehead atoms. The first-order valence-electron chi connectivity index (χ1n) is 3.87. The lowest BCUT2D eigenvalue weighted by Gasteiger charge is -1.95. The first-order valence-corrected chi connectivity index (χ1v) is 6.98. The molecule has 0 N–H and O–H groups in total. The van der Waals surface area contributed by atoms with Crippen molar-refractivity contribution in [2.45, 2.75) is 13.3 Å². The van der Waals surface area contributed by atoms with Crippen LogP contribution in [0.4, 0.5) is 0 Å². The fraction of sp³-hybridized carbons (Fsp3) is 0.333. The van der Waals surface area contributed by atoms with Crippen molar-refractivity contribution in [3.05, 3.63) is 25.3 Å². The maximum Gasteiger partial charge on any atom is 0.108 e. The highest BCUT2D eigenvalue weighted by molar-refractivity contribution is 9.10. The van der Waals surface area contributed by atoms with Gasteiger partial charge in [-0.3, -0.25) is 0 Å². The van der Waals surface area contributed by atoms with E-state index in [0.29, 0.717) is 0 Å². The molecular formula is C9H9Br2ClS. The summed E-state index contributed by atoms with van der Waals surface area (Å²) in [6.07, 6.45) is 3.24. The van der Waals surface area contributed by atoms with Gasteiger partial charge < -0.3 is 0 Å². The summed E-state index contributed by atoms with van der Waals surface area (Å²) < 4.78 is 1.80. The minimum atomic E-state index is 0.816. The van der Waals surface area contributed by atoms with E-state index in [4.69, 9.17) is 11.6 Å². The molecule has 0 amide bonds. The first kappa shape index (κ1) is 11.8. The second-order valence-corrected chi connectivity index (χ2v) is 5.66. The van der Waals surface area contributed by atoms with E-state index in [2.05, 4.69) is 44.9 Å². The molecule has 0 radical (unpaired) electrons. The summed E-state index contributed by atoms with van der Waals surface area (Å²) in [5.41, 5.74) is 1.38. The van der Waals surface area contributed by atoms with Crippen molar-refractivity contribution >= 4 is 60.9 Å². The zero-order valence-corrected chi connectivity index (χ0v) is 11.9. The van der Waals surface area contributed by atoms with Crippen LogP contribution in [0.3, 0.4) is 0 Å². The van der Waals surface area contributed by atoms with E-state index < -0.39 is 0 Å². The molecule has 4 heteroatoms. The van der Waals surface area contributed by atoms with Crippen molar-refractivity contribution in [1.82, 2.24) is 0 Å². The molecule has 0 fully saturated rings. The standard InChI is InChI=1S/C9H9Br2ClS/c1-2-6(5-10)3-7-4-8(11)9(12)13-7/h3-4H,2,5H2,1H3. The minimum absolute atomic E-state index is 0.816. The topological polar surface area (TPSA) is 0 Å². The Labute approximate surface area is 104 Å². The number of alkyl halides is 1. The Morgan fingerprint density at radius 2 is 2.38 bits per heavy atom. The van der Waals surface area contributed by atoms with Crippen LogP contribution in [0.2, 0.25) is 4.34 Å². The third-order valence-electron chi connectivity index (χ3n) is 1.64. The smallest absolute Gasteiger partial charge is 0.108 e. The Morgan fingerprint density at radius 3 is 2.77 bits per heavy atom. The van der Waals surface area contributed by atoms with E-state index in [0.717, 1.165) is 20.6 Å². The lowest BCUT2D eigenvalue weighted by Crippen LogP contribution is -1.79. The van der Waals surface area contributed by atoms with Crippen LogP contribution in [0.5, 0.6) is 0 Å². The normalized spacial score (nSPS) is 12.2. The van der Waals surface area contributed by atoms with Crippen molar-refractivity contribution in [2.75, 3.05) is 5.33 Å². The molecule has 0 nitrogen and oxygen atoms in total. The second kappa shape index (κ2) is 5.54. The molecule has 0 aromatic carbocycles. The number of rotatable bonds is 3. The molecule has 0 saturated heterocycles. The van der Waals surface area contributed by atoms with Crippen molar-refractivity contribution in [2.24, 2.45) is 0 Å². The third-order valence-corrected chi connectivity index (χ3v) is 4.78. The predicted octanol–water partition coefficient (Wildman–Crippen LogP) is 5.35. The molecule has 0 saturated carbocycles. The van der Waals surface area contributed by atoms with Crippen molar-refractivity contribution in [1.29, 1.82) is 0 Å². The van der Waals surface area contributed by atoms with Gasteiger partial charge in [0.2, 0.25) is 0 Å². The van der Waals surface area contributed by atoms with E-state index >= 15 is 0 Å². The summed E-state index contributed by atoms with van der Waals surface area (Å²) in [4.78, 5) is 1.20. The molecule has 0 aliphatic rings. The average molecular weight is 344 g/mol. The molecule has 13 heavy (non-hydrogen) atoms. The van der Waals surface area contributed by atoms with E-state index in [-0.39, 0.29) is 0 Å². The Hall–Kier alpha value is 0.690. The molecule has 1 aromatic heterocycles. The van der Waals surface area contributed by atoms with Crippen molar-refractivity contribution in [3.8, 4) is 0 Å². The summed E-state index contributed by atoms with van der Waals surface area (Å²) in [7, 11) is 0. The van der Waals surface area contributed by atoms with Crippen LogP contribution in [0.25, 0.3) is 6.08 Å². The van der Waals surface area contributed by atoms with Crippen LogP contribution >= 0.6 is 54.8 Å². The summed E-state index contributed by atoms with van der Waals surface area (Å²) in [5, 5.41) is 0.927. The Bertz CT molecular complexity index is 292. The van der Waals surface area contributed by atoms with Crippen molar-refractivity contribution < 1.29 is 0 Å². The van der Waals surface area contributed by atoms with Crippen LogP contribution in [0, 0.1) is 0 Å². The SMILES string of the molecule is CCC(=Cc1cc(Br)c(Cl)s1)CBr. The van der Waals surface area contributed by atoms with E-state index in [1.165, 1.54) is 10.5 Å². The summed E-state index contributed by atoms with van der Waals surface area (Å²) >= 11 is 14.4. The number of thiophene rings is 1. The largest absolute Gasteiger partial charge is 0.123 e. The number of halogens is 3. The van der Waals surface area contributed by atoms with E-state index in [1.807, 2.05) is 6.07 Å². The quantitative estimate of drug-likeness (QED) is 0.648. The summed E-state index contributed by atoms with van der Waals surface area (Å²) in [6.45, 7) is 2.15. The van der Waals surface area contributed by atoms with E-state index in [1.54, 1.807) is 11.3 Å². The molecule has 1 aromatic rings.